The lowest BCUT2D eigenvalue weighted by atomic mass is 10.3. The molecule has 0 saturated heterocycles. The molecule has 0 spiro atoms. The molecule has 0 aliphatic rings. The van der Waals surface area contributed by atoms with Crippen molar-refractivity contribution in [3.63, 3.8) is 0 Å². The van der Waals surface area contributed by atoms with Crippen LogP contribution in [0.1, 0.15) is 6.92 Å². The van der Waals surface area contributed by atoms with E-state index in [1.54, 1.807) is 19.1 Å². The number of benzene rings is 2. The van der Waals surface area contributed by atoms with E-state index in [-0.39, 0.29) is 11.7 Å². The summed E-state index contributed by atoms with van der Waals surface area (Å²) in [5.41, 5.74) is 0.688. The molecule has 0 aromatic heterocycles. The largest absolute Gasteiger partial charge is 0.481 e. The Labute approximate surface area is 124 Å². The highest BCUT2D eigenvalue weighted by Gasteiger charge is 2.14. The minimum Gasteiger partial charge on any atom is -0.481 e. The zero-order valence-electron chi connectivity index (χ0n) is 10.8. The number of ether oxygens (including phenoxy) is 1. The Morgan fingerprint density at radius 3 is 2.35 bits per heavy atom. The molecule has 1 atom stereocenters. The van der Waals surface area contributed by atoms with Crippen LogP contribution in [-0.4, -0.2) is 12.0 Å². The van der Waals surface area contributed by atoms with Crippen LogP contribution in [0.25, 0.3) is 0 Å². The second-order valence-corrected chi connectivity index (χ2v) is 5.13. The van der Waals surface area contributed by atoms with Gasteiger partial charge in [-0.1, -0.05) is 15.9 Å². The molecule has 0 bridgehead atoms. The van der Waals surface area contributed by atoms with Crippen LogP contribution in [0.3, 0.4) is 0 Å². The van der Waals surface area contributed by atoms with Gasteiger partial charge in [-0.15, -0.1) is 0 Å². The molecule has 104 valence electrons. The lowest BCUT2D eigenvalue weighted by molar-refractivity contribution is -0.122. The summed E-state index contributed by atoms with van der Waals surface area (Å²) in [5.74, 6) is -0.161. The highest BCUT2D eigenvalue weighted by molar-refractivity contribution is 9.10. The van der Waals surface area contributed by atoms with Gasteiger partial charge in [0.25, 0.3) is 5.91 Å². The van der Waals surface area contributed by atoms with Crippen molar-refractivity contribution < 1.29 is 13.9 Å². The molecule has 2 aromatic rings. The van der Waals surface area contributed by atoms with Crippen LogP contribution < -0.4 is 10.1 Å². The van der Waals surface area contributed by atoms with Gasteiger partial charge in [-0.25, -0.2) is 4.39 Å². The summed E-state index contributed by atoms with van der Waals surface area (Å²) in [7, 11) is 0. The quantitative estimate of drug-likeness (QED) is 0.915. The second-order valence-electron chi connectivity index (χ2n) is 4.21. The summed E-state index contributed by atoms with van der Waals surface area (Å²) in [5, 5.41) is 2.74. The molecule has 0 aliphatic carbocycles. The smallest absolute Gasteiger partial charge is 0.265 e. The molecule has 0 fully saturated rings. The van der Waals surface area contributed by atoms with E-state index in [2.05, 4.69) is 21.2 Å². The standard InChI is InChI=1S/C15H13BrFNO2/c1-10(20-14-8-4-12(17)5-9-14)15(19)18-13-6-2-11(16)3-7-13/h2-10H,1H3,(H,18,19)/t10-/m1/s1. The molecule has 0 aliphatic heterocycles. The summed E-state index contributed by atoms with van der Waals surface area (Å²) in [6.45, 7) is 1.64. The summed E-state index contributed by atoms with van der Waals surface area (Å²) in [4.78, 5) is 11.9. The molecule has 2 rings (SSSR count). The average Bonchev–Trinajstić information content (AvgIpc) is 2.44. The first-order chi connectivity index (χ1) is 9.54. The van der Waals surface area contributed by atoms with E-state index >= 15 is 0 Å². The topological polar surface area (TPSA) is 38.3 Å². The number of hydrogen-bond acceptors (Lipinski definition) is 2. The summed E-state index contributed by atoms with van der Waals surface area (Å²) in [6.07, 6.45) is -0.677. The van der Waals surface area contributed by atoms with E-state index in [0.717, 1.165) is 4.47 Å². The fourth-order valence-corrected chi connectivity index (χ4v) is 1.81. The van der Waals surface area contributed by atoms with E-state index in [1.165, 1.54) is 24.3 Å². The van der Waals surface area contributed by atoms with Crippen LogP contribution in [0.15, 0.2) is 53.0 Å². The van der Waals surface area contributed by atoms with Crippen LogP contribution in [0, 0.1) is 5.82 Å². The van der Waals surface area contributed by atoms with Crippen molar-refractivity contribution in [1.29, 1.82) is 0 Å². The molecule has 1 N–H and O–H groups in total. The lowest BCUT2D eigenvalue weighted by Crippen LogP contribution is -2.30. The Bertz CT molecular complexity index is 584. The first kappa shape index (κ1) is 14.5. The predicted octanol–water partition coefficient (Wildman–Crippen LogP) is 3.99. The number of amides is 1. The zero-order chi connectivity index (χ0) is 14.5. The molecular weight excluding hydrogens is 325 g/mol. The van der Waals surface area contributed by atoms with Gasteiger partial charge in [0.1, 0.15) is 11.6 Å². The number of carbonyl (C=O) groups excluding carboxylic acids is 1. The molecule has 0 unspecified atom stereocenters. The Kier molecular flexibility index (Phi) is 4.74. The number of hydrogen-bond donors (Lipinski definition) is 1. The van der Waals surface area contributed by atoms with Gasteiger partial charge in [0.05, 0.1) is 0 Å². The van der Waals surface area contributed by atoms with Crippen LogP contribution >= 0.6 is 15.9 Å². The predicted molar refractivity (Wildman–Crippen MR) is 79.3 cm³/mol. The van der Waals surface area contributed by atoms with E-state index in [4.69, 9.17) is 4.74 Å². The van der Waals surface area contributed by atoms with Crippen molar-refractivity contribution in [1.82, 2.24) is 0 Å². The highest BCUT2D eigenvalue weighted by Crippen LogP contribution is 2.16. The molecule has 0 radical (unpaired) electrons. The first-order valence-corrected chi connectivity index (χ1v) is 6.82. The minimum absolute atomic E-state index is 0.267. The summed E-state index contributed by atoms with van der Waals surface area (Å²) < 4.78 is 19.1. The van der Waals surface area contributed by atoms with E-state index in [9.17, 15) is 9.18 Å². The molecule has 0 heterocycles. The van der Waals surface area contributed by atoms with Gasteiger partial charge in [0.15, 0.2) is 6.10 Å². The van der Waals surface area contributed by atoms with Crippen LogP contribution in [0.5, 0.6) is 5.75 Å². The van der Waals surface area contributed by atoms with Gasteiger partial charge < -0.3 is 10.1 Å². The van der Waals surface area contributed by atoms with Gasteiger partial charge in [-0.05, 0) is 55.5 Å². The second kappa shape index (κ2) is 6.52. The number of halogens is 2. The maximum absolute atomic E-state index is 12.8. The lowest BCUT2D eigenvalue weighted by Gasteiger charge is -2.14. The monoisotopic (exact) mass is 337 g/mol. The summed E-state index contributed by atoms with van der Waals surface area (Å²) in [6, 6.07) is 12.8. The summed E-state index contributed by atoms with van der Waals surface area (Å²) >= 11 is 3.32. The molecule has 0 saturated carbocycles. The van der Waals surface area contributed by atoms with Crippen LogP contribution in [-0.2, 0) is 4.79 Å². The van der Waals surface area contributed by atoms with E-state index in [1.807, 2.05) is 12.1 Å². The van der Waals surface area contributed by atoms with Crippen molar-refractivity contribution in [2.75, 3.05) is 5.32 Å². The fourth-order valence-electron chi connectivity index (χ4n) is 1.55. The maximum Gasteiger partial charge on any atom is 0.265 e. The van der Waals surface area contributed by atoms with Crippen LogP contribution in [0.2, 0.25) is 0 Å². The van der Waals surface area contributed by atoms with Gasteiger partial charge in [0.2, 0.25) is 0 Å². The minimum atomic E-state index is -0.677. The van der Waals surface area contributed by atoms with Crippen molar-refractivity contribution in [3.05, 3.63) is 58.8 Å². The van der Waals surface area contributed by atoms with Crippen molar-refractivity contribution in [3.8, 4) is 5.75 Å². The Morgan fingerprint density at radius 2 is 1.75 bits per heavy atom. The molecule has 3 nitrogen and oxygen atoms in total. The normalized spacial score (nSPS) is 11.8. The average molecular weight is 338 g/mol. The number of anilines is 1. The Morgan fingerprint density at radius 1 is 1.15 bits per heavy atom. The number of rotatable bonds is 4. The van der Waals surface area contributed by atoms with Crippen molar-refractivity contribution in [2.45, 2.75) is 13.0 Å². The molecule has 5 heteroatoms. The van der Waals surface area contributed by atoms with Gasteiger partial charge >= 0.3 is 0 Å². The highest BCUT2D eigenvalue weighted by atomic mass is 79.9. The van der Waals surface area contributed by atoms with Crippen LogP contribution in [0.4, 0.5) is 10.1 Å². The van der Waals surface area contributed by atoms with E-state index in [0.29, 0.717) is 11.4 Å². The molecule has 20 heavy (non-hydrogen) atoms. The molecule has 2 aromatic carbocycles. The first-order valence-electron chi connectivity index (χ1n) is 6.03. The zero-order valence-corrected chi connectivity index (χ0v) is 12.4. The third-order valence-corrected chi connectivity index (χ3v) is 3.14. The third-order valence-electron chi connectivity index (χ3n) is 2.61. The molecular formula is C15H13BrFNO2. The van der Waals surface area contributed by atoms with Gasteiger partial charge in [0, 0.05) is 10.2 Å². The number of carbonyl (C=O) groups is 1. The Balaban J connectivity index is 1.94. The van der Waals surface area contributed by atoms with E-state index < -0.39 is 6.10 Å². The third kappa shape index (κ3) is 4.06. The van der Waals surface area contributed by atoms with Gasteiger partial charge in [-0.2, -0.15) is 0 Å². The maximum atomic E-state index is 12.8. The fraction of sp³-hybridized carbons (Fsp3) is 0.133. The van der Waals surface area contributed by atoms with Gasteiger partial charge in [-0.3, -0.25) is 4.79 Å². The SMILES string of the molecule is C[C@@H](Oc1ccc(F)cc1)C(=O)Nc1ccc(Br)cc1. The van der Waals surface area contributed by atoms with Crippen molar-refractivity contribution in [2.24, 2.45) is 0 Å². The van der Waals surface area contributed by atoms with Crippen molar-refractivity contribution >= 4 is 27.5 Å². The number of nitrogens with one attached hydrogen (secondary N) is 1. The molecule has 1 amide bonds. The Hall–Kier alpha value is -1.88.